The summed E-state index contributed by atoms with van der Waals surface area (Å²) >= 11 is 0. The SMILES string of the molecule is C=C/C(C)=C\C/C=C(\C=C)C(C)C. The van der Waals surface area contributed by atoms with Gasteiger partial charge in [-0.3, -0.25) is 0 Å². The Morgan fingerprint density at radius 2 is 1.77 bits per heavy atom. The van der Waals surface area contributed by atoms with Gasteiger partial charge in [-0.05, 0) is 24.8 Å². The van der Waals surface area contributed by atoms with Crippen molar-refractivity contribution in [3.63, 3.8) is 0 Å². The molecule has 0 aliphatic rings. The molecule has 0 radical (unpaired) electrons. The summed E-state index contributed by atoms with van der Waals surface area (Å²) in [5, 5.41) is 0. The highest BCUT2D eigenvalue weighted by atomic mass is 14.0. The zero-order valence-corrected chi connectivity index (χ0v) is 9.01. The van der Waals surface area contributed by atoms with E-state index in [1.54, 1.807) is 0 Å². The van der Waals surface area contributed by atoms with Crippen LogP contribution in [0.25, 0.3) is 0 Å². The molecule has 0 heterocycles. The summed E-state index contributed by atoms with van der Waals surface area (Å²) < 4.78 is 0. The van der Waals surface area contributed by atoms with Crippen molar-refractivity contribution in [1.82, 2.24) is 0 Å². The van der Waals surface area contributed by atoms with Crippen LogP contribution >= 0.6 is 0 Å². The highest BCUT2D eigenvalue weighted by molar-refractivity contribution is 5.21. The standard InChI is InChI=1S/C13H20/c1-6-12(5)9-8-10-13(7-2)11(3)4/h6-7,9-11H,1-2,8H2,3-5H3/b12-9-,13-10+. The first-order valence-corrected chi connectivity index (χ1v) is 4.73. The predicted octanol–water partition coefficient (Wildman–Crippen LogP) is 4.28. The lowest BCUT2D eigenvalue weighted by Crippen LogP contribution is -1.89. The molecule has 0 nitrogen and oxygen atoms in total. The van der Waals surface area contributed by atoms with Crippen LogP contribution in [0.3, 0.4) is 0 Å². The predicted molar refractivity (Wildman–Crippen MR) is 61.7 cm³/mol. The van der Waals surface area contributed by atoms with Gasteiger partial charge in [-0.2, -0.15) is 0 Å². The fourth-order valence-corrected chi connectivity index (χ4v) is 1.02. The van der Waals surface area contributed by atoms with E-state index in [-0.39, 0.29) is 0 Å². The molecule has 0 aromatic heterocycles. The lowest BCUT2D eigenvalue weighted by atomic mass is 10.0. The van der Waals surface area contributed by atoms with E-state index >= 15 is 0 Å². The van der Waals surface area contributed by atoms with Crippen molar-refractivity contribution in [2.24, 2.45) is 5.92 Å². The summed E-state index contributed by atoms with van der Waals surface area (Å²) in [5.74, 6) is 0.565. The van der Waals surface area contributed by atoms with E-state index in [9.17, 15) is 0 Å². The minimum absolute atomic E-state index is 0.565. The Morgan fingerprint density at radius 3 is 2.15 bits per heavy atom. The fourth-order valence-electron chi connectivity index (χ4n) is 1.02. The quantitative estimate of drug-likeness (QED) is 0.548. The first-order valence-electron chi connectivity index (χ1n) is 4.73. The third-order valence-corrected chi connectivity index (χ3v) is 2.02. The third-order valence-electron chi connectivity index (χ3n) is 2.02. The number of rotatable bonds is 5. The van der Waals surface area contributed by atoms with Gasteiger partial charge in [0, 0.05) is 0 Å². The molecule has 0 aromatic carbocycles. The van der Waals surface area contributed by atoms with Crippen LogP contribution in [-0.4, -0.2) is 0 Å². The van der Waals surface area contributed by atoms with Gasteiger partial charge < -0.3 is 0 Å². The van der Waals surface area contributed by atoms with Crippen molar-refractivity contribution in [2.75, 3.05) is 0 Å². The second-order valence-corrected chi connectivity index (χ2v) is 3.45. The van der Waals surface area contributed by atoms with Crippen LogP contribution in [-0.2, 0) is 0 Å². The fraction of sp³-hybridized carbons (Fsp3) is 0.385. The first kappa shape index (κ1) is 12.0. The molecule has 0 unspecified atom stereocenters. The molecule has 0 fully saturated rings. The summed E-state index contributed by atoms with van der Waals surface area (Å²) in [6.07, 6.45) is 9.15. The molecule has 0 aromatic rings. The summed E-state index contributed by atoms with van der Waals surface area (Å²) in [6, 6.07) is 0. The van der Waals surface area contributed by atoms with Crippen LogP contribution in [0, 0.1) is 5.92 Å². The van der Waals surface area contributed by atoms with E-state index in [4.69, 9.17) is 0 Å². The van der Waals surface area contributed by atoms with Crippen LogP contribution in [0.15, 0.2) is 48.6 Å². The third kappa shape index (κ3) is 5.24. The van der Waals surface area contributed by atoms with Crippen molar-refractivity contribution in [3.05, 3.63) is 48.6 Å². The maximum absolute atomic E-state index is 3.79. The molecule has 0 amide bonds. The molecule has 72 valence electrons. The van der Waals surface area contributed by atoms with Gasteiger partial charge in [-0.1, -0.05) is 56.9 Å². The van der Waals surface area contributed by atoms with Gasteiger partial charge in [0.15, 0.2) is 0 Å². The summed E-state index contributed by atoms with van der Waals surface area (Å²) in [6.45, 7) is 13.9. The smallest absolute Gasteiger partial charge is 0.0158 e. The Labute approximate surface area is 82.4 Å². The normalized spacial score (nSPS) is 13.2. The average Bonchev–Trinajstić information content (AvgIpc) is 2.11. The van der Waals surface area contributed by atoms with Gasteiger partial charge >= 0.3 is 0 Å². The molecular weight excluding hydrogens is 156 g/mol. The van der Waals surface area contributed by atoms with Gasteiger partial charge in [0.05, 0.1) is 0 Å². The minimum Gasteiger partial charge on any atom is -0.0988 e. The average molecular weight is 176 g/mol. The molecule has 0 spiro atoms. The monoisotopic (exact) mass is 176 g/mol. The zero-order chi connectivity index (χ0) is 10.3. The molecule has 0 aliphatic carbocycles. The zero-order valence-electron chi connectivity index (χ0n) is 9.01. The van der Waals surface area contributed by atoms with Crippen LogP contribution in [0.1, 0.15) is 27.2 Å². The molecule has 0 N–H and O–H groups in total. The number of hydrogen-bond acceptors (Lipinski definition) is 0. The molecule has 13 heavy (non-hydrogen) atoms. The highest BCUT2D eigenvalue weighted by Gasteiger charge is 1.95. The van der Waals surface area contributed by atoms with Crippen molar-refractivity contribution >= 4 is 0 Å². The minimum atomic E-state index is 0.565. The summed E-state index contributed by atoms with van der Waals surface area (Å²) in [4.78, 5) is 0. The Hall–Kier alpha value is -1.04. The van der Waals surface area contributed by atoms with Crippen molar-refractivity contribution in [1.29, 1.82) is 0 Å². The maximum atomic E-state index is 3.79. The van der Waals surface area contributed by atoms with Gasteiger partial charge in [-0.25, -0.2) is 0 Å². The second-order valence-electron chi connectivity index (χ2n) is 3.45. The summed E-state index contributed by atoms with van der Waals surface area (Å²) in [7, 11) is 0. The van der Waals surface area contributed by atoms with Gasteiger partial charge in [0.1, 0.15) is 0 Å². The molecule has 0 heteroatoms. The molecule has 0 atom stereocenters. The Kier molecular flexibility index (Phi) is 5.96. The summed E-state index contributed by atoms with van der Waals surface area (Å²) in [5.41, 5.74) is 2.54. The van der Waals surface area contributed by atoms with Crippen LogP contribution in [0.5, 0.6) is 0 Å². The van der Waals surface area contributed by atoms with Crippen molar-refractivity contribution in [3.8, 4) is 0 Å². The lowest BCUT2D eigenvalue weighted by Gasteiger charge is -2.04. The molecule has 0 aliphatic heterocycles. The molecule has 0 bridgehead atoms. The van der Waals surface area contributed by atoms with Gasteiger partial charge in [0.25, 0.3) is 0 Å². The number of hydrogen-bond donors (Lipinski definition) is 0. The highest BCUT2D eigenvalue weighted by Crippen LogP contribution is 2.11. The Bertz CT molecular complexity index is 226. The van der Waals surface area contributed by atoms with Crippen molar-refractivity contribution < 1.29 is 0 Å². The Morgan fingerprint density at radius 1 is 1.15 bits per heavy atom. The van der Waals surface area contributed by atoms with Gasteiger partial charge in [-0.15, -0.1) is 0 Å². The number of allylic oxidation sites excluding steroid dienone is 6. The lowest BCUT2D eigenvalue weighted by molar-refractivity contribution is 0.788. The second kappa shape index (κ2) is 6.47. The molecule has 0 rings (SSSR count). The topological polar surface area (TPSA) is 0 Å². The Balaban J connectivity index is 4.23. The van der Waals surface area contributed by atoms with E-state index in [2.05, 4.69) is 46.1 Å². The molecular formula is C13H20. The van der Waals surface area contributed by atoms with Crippen LogP contribution < -0.4 is 0 Å². The van der Waals surface area contributed by atoms with Gasteiger partial charge in [0.2, 0.25) is 0 Å². The van der Waals surface area contributed by atoms with E-state index in [1.807, 2.05) is 12.2 Å². The maximum Gasteiger partial charge on any atom is -0.0158 e. The van der Waals surface area contributed by atoms with Crippen LogP contribution in [0.2, 0.25) is 0 Å². The molecule has 0 saturated heterocycles. The van der Waals surface area contributed by atoms with Crippen molar-refractivity contribution in [2.45, 2.75) is 27.2 Å². The van der Waals surface area contributed by atoms with Crippen LogP contribution in [0.4, 0.5) is 0 Å². The largest absolute Gasteiger partial charge is 0.0988 e. The van der Waals surface area contributed by atoms with E-state index < -0.39 is 0 Å². The van der Waals surface area contributed by atoms with E-state index in [0.29, 0.717) is 5.92 Å². The first-order chi connectivity index (χ1) is 6.11. The van der Waals surface area contributed by atoms with E-state index in [1.165, 1.54) is 11.1 Å². The molecule has 0 saturated carbocycles. The van der Waals surface area contributed by atoms with E-state index in [0.717, 1.165) is 6.42 Å².